The molecular formula is C15H16ClN3O. The van der Waals surface area contributed by atoms with E-state index in [2.05, 4.69) is 24.1 Å². The van der Waals surface area contributed by atoms with E-state index in [1.54, 1.807) is 6.07 Å². The molecule has 0 fully saturated rings. The molecular weight excluding hydrogens is 274 g/mol. The molecule has 0 unspecified atom stereocenters. The highest BCUT2D eigenvalue weighted by atomic mass is 35.5. The summed E-state index contributed by atoms with van der Waals surface area (Å²) in [5.74, 6) is -0.188. The molecule has 2 aromatic rings. The van der Waals surface area contributed by atoms with Crippen molar-refractivity contribution < 1.29 is 4.79 Å². The van der Waals surface area contributed by atoms with Crippen molar-refractivity contribution in [3.05, 3.63) is 52.8 Å². The third kappa shape index (κ3) is 3.08. The van der Waals surface area contributed by atoms with E-state index in [0.29, 0.717) is 22.3 Å². The number of pyridine rings is 1. The van der Waals surface area contributed by atoms with Crippen molar-refractivity contribution in [2.24, 2.45) is 5.73 Å². The summed E-state index contributed by atoms with van der Waals surface area (Å²) in [7, 11) is 0. The first-order valence-corrected chi connectivity index (χ1v) is 6.68. The third-order valence-corrected chi connectivity index (χ3v) is 3.19. The maximum Gasteiger partial charge on any atom is 0.252 e. The van der Waals surface area contributed by atoms with Crippen LogP contribution in [-0.4, -0.2) is 10.9 Å². The quantitative estimate of drug-likeness (QED) is 0.843. The number of hydrogen-bond acceptors (Lipinski definition) is 3. The fourth-order valence-corrected chi connectivity index (χ4v) is 2.15. The molecule has 0 aliphatic carbocycles. The molecule has 0 saturated carbocycles. The Balaban J connectivity index is 2.45. The van der Waals surface area contributed by atoms with Crippen LogP contribution >= 0.6 is 11.6 Å². The number of nitrogens with zero attached hydrogens (tertiary/aromatic N) is 1. The van der Waals surface area contributed by atoms with Crippen LogP contribution in [-0.2, 0) is 0 Å². The van der Waals surface area contributed by atoms with Gasteiger partial charge in [0.15, 0.2) is 0 Å². The first-order chi connectivity index (χ1) is 9.49. The molecule has 20 heavy (non-hydrogen) atoms. The Hall–Kier alpha value is -2.07. The average Bonchev–Trinajstić information content (AvgIpc) is 2.38. The van der Waals surface area contributed by atoms with Gasteiger partial charge in [0.2, 0.25) is 0 Å². The minimum Gasteiger partial charge on any atom is -0.365 e. The van der Waals surface area contributed by atoms with Crippen molar-refractivity contribution >= 4 is 28.9 Å². The maximum absolute atomic E-state index is 11.4. The van der Waals surface area contributed by atoms with Crippen LogP contribution in [0.15, 0.2) is 36.5 Å². The van der Waals surface area contributed by atoms with Gasteiger partial charge in [-0.25, -0.2) is 4.98 Å². The second-order valence-electron chi connectivity index (χ2n) is 4.78. The van der Waals surface area contributed by atoms with Gasteiger partial charge in [0.25, 0.3) is 5.91 Å². The zero-order valence-electron chi connectivity index (χ0n) is 11.4. The molecule has 2 rings (SSSR count). The molecule has 104 valence electrons. The Morgan fingerprint density at radius 2 is 2.00 bits per heavy atom. The molecule has 0 aliphatic heterocycles. The van der Waals surface area contributed by atoms with Gasteiger partial charge in [-0.2, -0.15) is 0 Å². The number of anilines is 2. The summed E-state index contributed by atoms with van der Waals surface area (Å²) in [6.45, 7) is 4.21. The number of aromatic nitrogens is 1. The molecule has 0 atom stereocenters. The standard InChI is InChI=1S/C15H16ClN3O/c1-9(2)10-5-3-4-6-12(10)19-13-7-14(16)18-8-11(13)15(17)20/h3-9H,1-2H3,(H2,17,20)(H,18,19). The molecule has 0 saturated heterocycles. The lowest BCUT2D eigenvalue weighted by Gasteiger charge is -2.16. The van der Waals surface area contributed by atoms with E-state index in [1.807, 2.05) is 24.3 Å². The number of hydrogen-bond donors (Lipinski definition) is 2. The van der Waals surface area contributed by atoms with Gasteiger partial charge in [0.1, 0.15) is 5.15 Å². The lowest BCUT2D eigenvalue weighted by Crippen LogP contribution is -2.14. The highest BCUT2D eigenvalue weighted by Gasteiger charge is 2.12. The minimum atomic E-state index is -0.543. The summed E-state index contributed by atoms with van der Waals surface area (Å²) in [4.78, 5) is 15.3. The second-order valence-corrected chi connectivity index (χ2v) is 5.17. The highest BCUT2D eigenvalue weighted by Crippen LogP contribution is 2.29. The van der Waals surface area contributed by atoms with Crippen LogP contribution in [0.3, 0.4) is 0 Å². The number of carbonyl (C=O) groups is 1. The number of carbonyl (C=O) groups excluding carboxylic acids is 1. The number of rotatable bonds is 4. The van der Waals surface area contributed by atoms with E-state index >= 15 is 0 Å². The summed E-state index contributed by atoms with van der Waals surface area (Å²) >= 11 is 5.89. The summed E-state index contributed by atoms with van der Waals surface area (Å²) in [6, 6.07) is 9.50. The Kier molecular flexibility index (Phi) is 4.25. The van der Waals surface area contributed by atoms with Crippen molar-refractivity contribution in [3.63, 3.8) is 0 Å². The maximum atomic E-state index is 11.4. The monoisotopic (exact) mass is 289 g/mol. The van der Waals surface area contributed by atoms with E-state index < -0.39 is 5.91 Å². The predicted octanol–water partition coefficient (Wildman–Crippen LogP) is 3.70. The van der Waals surface area contributed by atoms with E-state index in [0.717, 1.165) is 11.3 Å². The Morgan fingerprint density at radius 1 is 1.30 bits per heavy atom. The van der Waals surface area contributed by atoms with Gasteiger partial charge in [0, 0.05) is 11.9 Å². The number of para-hydroxylation sites is 1. The number of primary amides is 1. The van der Waals surface area contributed by atoms with Crippen LogP contribution < -0.4 is 11.1 Å². The van der Waals surface area contributed by atoms with Gasteiger partial charge in [0.05, 0.1) is 11.3 Å². The zero-order valence-corrected chi connectivity index (χ0v) is 12.1. The van der Waals surface area contributed by atoms with Crippen molar-refractivity contribution in [3.8, 4) is 0 Å². The van der Waals surface area contributed by atoms with Crippen LogP contribution in [0.1, 0.15) is 35.7 Å². The largest absolute Gasteiger partial charge is 0.365 e. The molecule has 4 nitrogen and oxygen atoms in total. The van der Waals surface area contributed by atoms with Crippen molar-refractivity contribution in [2.75, 3.05) is 5.32 Å². The molecule has 0 aliphatic rings. The normalized spacial score (nSPS) is 10.6. The molecule has 3 N–H and O–H groups in total. The number of nitrogens with two attached hydrogens (primary N) is 1. The number of halogens is 1. The topological polar surface area (TPSA) is 68.0 Å². The van der Waals surface area contributed by atoms with Crippen LogP contribution in [0.2, 0.25) is 5.15 Å². The van der Waals surface area contributed by atoms with Crippen LogP contribution in [0.4, 0.5) is 11.4 Å². The number of amides is 1. The zero-order chi connectivity index (χ0) is 14.7. The molecule has 1 amide bonds. The molecule has 1 heterocycles. The van der Waals surface area contributed by atoms with Crippen molar-refractivity contribution in [1.82, 2.24) is 4.98 Å². The summed E-state index contributed by atoms with van der Waals surface area (Å²) in [5.41, 5.74) is 8.30. The van der Waals surface area contributed by atoms with Gasteiger partial charge in [-0.1, -0.05) is 43.6 Å². The number of benzene rings is 1. The molecule has 0 radical (unpaired) electrons. The van der Waals surface area contributed by atoms with Crippen molar-refractivity contribution in [2.45, 2.75) is 19.8 Å². The van der Waals surface area contributed by atoms with Crippen molar-refractivity contribution in [1.29, 1.82) is 0 Å². The molecule has 0 bridgehead atoms. The summed E-state index contributed by atoms with van der Waals surface area (Å²) in [5, 5.41) is 3.52. The number of nitrogens with one attached hydrogen (secondary N) is 1. The van der Waals surface area contributed by atoms with Crippen LogP contribution in [0.25, 0.3) is 0 Å². The molecule has 1 aromatic heterocycles. The van der Waals surface area contributed by atoms with E-state index in [1.165, 1.54) is 6.20 Å². The van der Waals surface area contributed by atoms with Gasteiger partial charge >= 0.3 is 0 Å². The van der Waals surface area contributed by atoms with Gasteiger partial charge in [-0.05, 0) is 23.6 Å². The molecule has 1 aromatic carbocycles. The first kappa shape index (κ1) is 14.3. The van der Waals surface area contributed by atoms with Crippen LogP contribution in [0, 0.1) is 0 Å². The van der Waals surface area contributed by atoms with Crippen LogP contribution in [0.5, 0.6) is 0 Å². The van der Waals surface area contributed by atoms with Gasteiger partial charge < -0.3 is 11.1 Å². The molecule has 5 heteroatoms. The molecule has 0 spiro atoms. The van der Waals surface area contributed by atoms with E-state index in [-0.39, 0.29) is 0 Å². The Morgan fingerprint density at radius 3 is 2.65 bits per heavy atom. The van der Waals surface area contributed by atoms with E-state index in [9.17, 15) is 4.79 Å². The fourth-order valence-electron chi connectivity index (χ4n) is 1.99. The first-order valence-electron chi connectivity index (χ1n) is 6.30. The lowest BCUT2D eigenvalue weighted by molar-refractivity contribution is 0.100. The predicted molar refractivity (Wildman–Crippen MR) is 81.6 cm³/mol. The third-order valence-electron chi connectivity index (χ3n) is 2.99. The summed E-state index contributed by atoms with van der Waals surface area (Å²) < 4.78 is 0. The minimum absolute atomic E-state index is 0.305. The lowest BCUT2D eigenvalue weighted by atomic mass is 10.0. The fraction of sp³-hybridized carbons (Fsp3) is 0.200. The average molecular weight is 290 g/mol. The smallest absolute Gasteiger partial charge is 0.252 e. The second kappa shape index (κ2) is 5.92. The Labute approximate surface area is 123 Å². The van der Waals surface area contributed by atoms with E-state index in [4.69, 9.17) is 17.3 Å². The van der Waals surface area contributed by atoms with Gasteiger partial charge in [-0.15, -0.1) is 0 Å². The Bertz CT molecular complexity index is 641. The summed E-state index contributed by atoms with van der Waals surface area (Å²) in [6.07, 6.45) is 1.38. The highest BCUT2D eigenvalue weighted by molar-refractivity contribution is 6.29. The van der Waals surface area contributed by atoms with Gasteiger partial charge in [-0.3, -0.25) is 4.79 Å². The SMILES string of the molecule is CC(C)c1ccccc1Nc1cc(Cl)ncc1C(N)=O.